The van der Waals surface area contributed by atoms with Crippen LogP contribution in [-0.2, 0) is 6.42 Å². The van der Waals surface area contributed by atoms with Crippen LogP contribution in [0.4, 0.5) is 5.69 Å². The fourth-order valence-corrected chi connectivity index (χ4v) is 1.31. The predicted octanol–water partition coefficient (Wildman–Crippen LogP) is 1.48. The zero-order valence-electron chi connectivity index (χ0n) is 8.47. The van der Waals surface area contributed by atoms with Gasteiger partial charge in [0.25, 0.3) is 5.69 Å². The van der Waals surface area contributed by atoms with Crippen LogP contribution in [0.25, 0.3) is 0 Å². The summed E-state index contributed by atoms with van der Waals surface area (Å²) in [5.74, 6) is 0.106. The molecule has 0 amide bonds. The molecule has 0 radical (unpaired) electrons. The Morgan fingerprint density at radius 1 is 1.62 bits per heavy atom. The first-order valence-electron chi connectivity index (χ1n) is 4.31. The third-order valence-corrected chi connectivity index (χ3v) is 2.03. The third kappa shape index (κ3) is 2.15. The largest absolute Gasteiger partial charge is 0.496 e. The van der Waals surface area contributed by atoms with Crippen LogP contribution in [0.3, 0.4) is 0 Å². The summed E-state index contributed by atoms with van der Waals surface area (Å²) >= 11 is 0. The molecule has 1 aromatic rings. The number of hydrogen-bond donors (Lipinski definition) is 0. The van der Waals surface area contributed by atoms with Crippen molar-refractivity contribution in [3.8, 4) is 11.8 Å². The Morgan fingerprint density at radius 3 is 2.75 bits per heavy atom. The highest BCUT2D eigenvalue weighted by Crippen LogP contribution is 2.27. The summed E-state index contributed by atoms with van der Waals surface area (Å²) in [5, 5.41) is 19.2. The van der Waals surface area contributed by atoms with Crippen LogP contribution >= 0.6 is 0 Å². The normalized spacial score (nSPS) is 9.25. The number of benzene rings is 1. The number of carbonyl (C=O) groups excluding carboxylic acids is 1. The predicted molar refractivity (Wildman–Crippen MR) is 54.4 cm³/mol. The second kappa shape index (κ2) is 4.89. The number of non-ortho nitro benzene ring substituents is 1. The van der Waals surface area contributed by atoms with E-state index in [1.807, 2.05) is 6.07 Å². The van der Waals surface area contributed by atoms with Crippen molar-refractivity contribution in [2.24, 2.45) is 0 Å². The summed E-state index contributed by atoms with van der Waals surface area (Å²) in [5.41, 5.74) is 0.269. The summed E-state index contributed by atoms with van der Waals surface area (Å²) in [7, 11) is 1.31. The highest BCUT2D eigenvalue weighted by atomic mass is 16.6. The highest BCUT2D eigenvalue weighted by Gasteiger charge is 2.16. The minimum Gasteiger partial charge on any atom is -0.496 e. The fraction of sp³-hybridized carbons (Fsp3) is 0.200. The van der Waals surface area contributed by atoms with E-state index < -0.39 is 4.92 Å². The molecule has 1 rings (SSSR count). The van der Waals surface area contributed by atoms with E-state index in [4.69, 9.17) is 10.00 Å². The van der Waals surface area contributed by atoms with Crippen LogP contribution in [0.5, 0.6) is 5.75 Å². The Kier molecular flexibility index (Phi) is 3.56. The Balaban J connectivity index is 3.43. The van der Waals surface area contributed by atoms with Gasteiger partial charge in [0.1, 0.15) is 5.75 Å². The van der Waals surface area contributed by atoms with E-state index >= 15 is 0 Å². The Hall–Kier alpha value is -2.42. The molecule has 0 aliphatic carbocycles. The molecular weight excluding hydrogens is 212 g/mol. The van der Waals surface area contributed by atoms with Crippen molar-refractivity contribution in [3.05, 3.63) is 33.4 Å². The van der Waals surface area contributed by atoms with Crippen molar-refractivity contribution < 1.29 is 14.5 Å². The minimum absolute atomic E-state index is 0.0773. The Labute approximate surface area is 91.2 Å². The molecule has 1 aromatic carbocycles. The van der Waals surface area contributed by atoms with Gasteiger partial charge in [0, 0.05) is 6.07 Å². The Bertz CT molecular complexity index is 476. The second-order valence-corrected chi connectivity index (χ2v) is 2.93. The number of nitro groups is 1. The number of nitro benzene ring substituents is 1. The van der Waals surface area contributed by atoms with Crippen molar-refractivity contribution in [2.45, 2.75) is 6.42 Å². The molecule has 0 aliphatic heterocycles. The number of hydrogen-bond acceptors (Lipinski definition) is 5. The average molecular weight is 220 g/mol. The van der Waals surface area contributed by atoms with Gasteiger partial charge >= 0.3 is 0 Å². The van der Waals surface area contributed by atoms with Gasteiger partial charge in [-0.15, -0.1) is 0 Å². The topological polar surface area (TPSA) is 93.2 Å². The molecule has 82 valence electrons. The van der Waals surface area contributed by atoms with Gasteiger partial charge in [-0.05, 0) is 5.56 Å². The third-order valence-electron chi connectivity index (χ3n) is 2.03. The molecule has 0 atom stereocenters. The van der Waals surface area contributed by atoms with Crippen LogP contribution < -0.4 is 4.74 Å². The molecular formula is C10H8N2O4. The lowest BCUT2D eigenvalue weighted by Gasteiger charge is -2.06. The standard InChI is InChI=1S/C10H8N2O4/c1-16-10-5-8(12(14)15)4-7(2-3-11)9(10)6-13/h4-6H,2H2,1H3. The SMILES string of the molecule is COc1cc([N+](=O)[O-])cc(CC#N)c1C=O. The number of methoxy groups -OCH3 is 1. The van der Waals surface area contributed by atoms with Crippen molar-refractivity contribution in [1.82, 2.24) is 0 Å². The molecule has 0 saturated heterocycles. The summed E-state index contributed by atoms with van der Waals surface area (Å²) in [6, 6.07) is 4.20. The van der Waals surface area contributed by atoms with Gasteiger partial charge in [-0.1, -0.05) is 0 Å². The van der Waals surface area contributed by atoms with Crippen molar-refractivity contribution in [1.29, 1.82) is 5.26 Å². The second-order valence-electron chi connectivity index (χ2n) is 2.93. The maximum atomic E-state index is 10.8. The first-order chi connectivity index (χ1) is 7.63. The van der Waals surface area contributed by atoms with E-state index in [0.29, 0.717) is 11.8 Å². The number of aldehydes is 1. The smallest absolute Gasteiger partial charge is 0.273 e. The number of carbonyl (C=O) groups is 1. The van der Waals surface area contributed by atoms with Crippen molar-refractivity contribution in [3.63, 3.8) is 0 Å². The molecule has 0 aliphatic rings. The fourth-order valence-electron chi connectivity index (χ4n) is 1.31. The van der Waals surface area contributed by atoms with E-state index in [0.717, 1.165) is 6.07 Å². The van der Waals surface area contributed by atoms with Crippen LogP contribution in [0.2, 0.25) is 0 Å². The van der Waals surface area contributed by atoms with Gasteiger partial charge in [-0.3, -0.25) is 14.9 Å². The molecule has 0 aromatic heterocycles. The monoisotopic (exact) mass is 220 g/mol. The van der Waals surface area contributed by atoms with Gasteiger partial charge in [-0.2, -0.15) is 5.26 Å². The number of ether oxygens (including phenoxy) is 1. The molecule has 0 saturated carbocycles. The quantitative estimate of drug-likeness (QED) is 0.435. The molecule has 0 N–H and O–H groups in total. The van der Waals surface area contributed by atoms with Gasteiger partial charge in [-0.25, -0.2) is 0 Å². The zero-order chi connectivity index (χ0) is 12.1. The van der Waals surface area contributed by atoms with Crippen LogP contribution in [0, 0.1) is 21.4 Å². The molecule has 16 heavy (non-hydrogen) atoms. The Morgan fingerprint density at radius 2 is 2.31 bits per heavy atom. The summed E-state index contributed by atoms with van der Waals surface area (Å²) < 4.78 is 4.87. The van der Waals surface area contributed by atoms with E-state index in [1.54, 1.807) is 0 Å². The average Bonchev–Trinajstić information content (AvgIpc) is 2.28. The molecule has 0 bridgehead atoms. The van der Waals surface area contributed by atoms with Gasteiger partial charge in [0.2, 0.25) is 0 Å². The summed E-state index contributed by atoms with van der Waals surface area (Å²) in [6.07, 6.45) is 0.446. The number of nitriles is 1. The summed E-state index contributed by atoms with van der Waals surface area (Å²) in [6.45, 7) is 0. The van der Waals surface area contributed by atoms with Crippen LogP contribution in [0.1, 0.15) is 15.9 Å². The minimum atomic E-state index is -0.599. The molecule has 6 heteroatoms. The maximum absolute atomic E-state index is 10.8. The van der Waals surface area contributed by atoms with Crippen LogP contribution in [0.15, 0.2) is 12.1 Å². The summed E-state index contributed by atoms with van der Waals surface area (Å²) in [4.78, 5) is 20.8. The number of rotatable bonds is 4. The zero-order valence-corrected chi connectivity index (χ0v) is 8.47. The van der Waals surface area contributed by atoms with Gasteiger partial charge in [0.15, 0.2) is 6.29 Å². The van der Waals surface area contributed by atoms with E-state index in [9.17, 15) is 14.9 Å². The van der Waals surface area contributed by atoms with Gasteiger partial charge < -0.3 is 4.74 Å². The lowest BCUT2D eigenvalue weighted by atomic mass is 10.0. The molecule has 0 fully saturated rings. The first-order valence-corrected chi connectivity index (χ1v) is 4.31. The molecule has 0 spiro atoms. The van der Waals surface area contributed by atoms with Crippen LogP contribution in [-0.4, -0.2) is 18.3 Å². The molecule has 0 unspecified atom stereocenters. The molecule has 0 heterocycles. The highest BCUT2D eigenvalue weighted by molar-refractivity contribution is 5.83. The number of nitrogens with zero attached hydrogens (tertiary/aromatic N) is 2. The lowest BCUT2D eigenvalue weighted by Crippen LogP contribution is -1.99. The van der Waals surface area contributed by atoms with Crippen molar-refractivity contribution >= 4 is 12.0 Å². The molecule has 6 nitrogen and oxygen atoms in total. The maximum Gasteiger partial charge on any atom is 0.273 e. The van der Waals surface area contributed by atoms with Crippen molar-refractivity contribution in [2.75, 3.05) is 7.11 Å². The van der Waals surface area contributed by atoms with E-state index in [-0.39, 0.29) is 23.4 Å². The van der Waals surface area contributed by atoms with E-state index in [1.165, 1.54) is 13.2 Å². The lowest BCUT2D eigenvalue weighted by molar-refractivity contribution is -0.385. The first kappa shape index (κ1) is 11.7. The van der Waals surface area contributed by atoms with E-state index in [2.05, 4.69) is 0 Å². The van der Waals surface area contributed by atoms with Gasteiger partial charge in [0.05, 0.1) is 36.2 Å².